The Morgan fingerprint density at radius 2 is 2.00 bits per heavy atom. The zero-order valence-corrected chi connectivity index (χ0v) is 13.8. The van der Waals surface area contributed by atoms with Crippen molar-refractivity contribution in [3.8, 4) is 0 Å². The largest absolute Gasteiger partial charge is 0.462 e. The monoisotopic (exact) mass is 347 g/mol. The van der Waals surface area contributed by atoms with Crippen molar-refractivity contribution in [3.05, 3.63) is 33.6 Å². The number of nitroso groups, excluding NO2 is 2. The highest BCUT2D eigenvalue weighted by atomic mass is 16.5. The predicted molar refractivity (Wildman–Crippen MR) is 87.1 cm³/mol. The molecule has 25 heavy (non-hydrogen) atoms. The van der Waals surface area contributed by atoms with E-state index in [0.717, 1.165) is 4.90 Å². The average molecular weight is 347 g/mol. The van der Waals surface area contributed by atoms with Crippen LogP contribution >= 0.6 is 0 Å². The van der Waals surface area contributed by atoms with Crippen LogP contribution in [0.25, 0.3) is 0 Å². The van der Waals surface area contributed by atoms with E-state index in [0.29, 0.717) is 5.56 Å². The molecule has 1 fully saturated rings. The maximum atomic E-state index is 12.4. The Kier molecular flexibility index (Phi) is 5.68. The molecule has 0 aliphatic carbocycles. The topological polar surface area (TPSA) is 123 Å². The lowest BCUT2D eigenvalue weighted by molar-refractivity contribution is -0.155. The van der Waals surface area contributed by atoms with E-state index in [1.807, 2.05) is 0 Å². The number of imide groups is 1. The summed E-state index contributed by atoms with van der Waals surface area (Å²) in [6.45, 7) is 2.90. The van der Waals surface area contributed by atoms with Gasteiger partial charge in [0.2, 0.25) is 11.8 Å². The fraction of sp³-hybridized carbons (Fsp3) is 0.438. The van der Waals surface area contributed by atoms with Crippen LogP contribution in [0.1, 0.15) is 25.8 Å². The molecule has 1 atom stereocenters. The van der Waals surface area contributed by atoms with Crippen LogP contribution in [0.15, 0.2) is 28.6 Å². The van der Waals surface area contributed by atoms with E-state index in [1.165, 1.54) is 18.2 Å². The number of ether oxygens (including phenoxy) is 1. The maximum absolute atomic E-state index is 12.4. The minimum absolute atomic E-state index is 0.00461. The summed E-state index contributed by atoms with van der Waals surface area (Å²) >= 11 is 0. The second-order valence-corrected chi connectivity index (χ2v) is 5.96. The smallest absolute Gasteiger partial charge is 0.326 e. The van der Waals surface area contributed by atoms with Gasteiger partial charge in [0.15, 0.2) is 0 Å². The van der Waals surface area contributed by atoms with Crippen LogP contribution in [0.2, 0.25) is 0 Å². The van der Waals surface area contributed by atoms with E-state index in [4.69, 9.17) is 4.74 Å². The summed E-state index contributed by atoms with van der Waals surface area (Å²) in [5.41, 5.74) is 0.473. The van der Waals surface area contributed by atoms with Gasteiger partial charge in [-0.15, -0.1) is 9.81 Å². The molecule has 1 saturated heterocycles. The van der Waals surface area contributed by atoms with E-state index < -0.39 is 30.2 Å². The van der Waals surface area contributed by atoms with Gasteiger partial charge in [-0.05, 0) is 48.3 Å². The van der Waals surface area contributed by atoms with E-state index in [1.54, 1.807) is 13.8 Å². The third-order valence-corrected chi connectivity index (χ3v) is 3.73. The first-order valence-electron chi connectivity index (χ1n) is 7.69. The SMILES string of the molecule is CC(C)OC(=O)CN1C(=O)CC(Cc2ccc(N=O)cc2N=O)C1=O. The Morgan fingerprint density at radius 3 is 2.60 bits per heavy atom. The summed E-state index contributed by atoms with van der Waals surface area (Å²) in [5, 5.41) is 5.55. The van der Waals surface area contributed by atoms with Crippen molar-refractivity contribution < 1.29 is 19.1 Å². The highest BCUT2D eigenvalue weighted by Crippen LogP contribution is 2.31. The quantitative estimate of drug-likeness (QED) is 0.424. The van der Waals surface area contributed by atoms with Crippen molar-refractivity contribution in [2.45, 2.75) is 32.8 Å². The summed E-state index contributed by atoms with van der Waals surface area (Å²) in [6.07, 6.45) is -0.317. The Labute approximate surface area is 143 Å². The van der Waals surface area contributed by atoms with Crippen LogP contribution < -0.4 is 0 Å². The number of likely N-dealkylation sites (tertiary alicyclic amines) is 1. The lowest BCUT2D eigenvalue weighted by atomic mass is 9.96. The Hall–Kier alpha value is -2.97. The maximum Gasteiger partial charge on any atom is 0.326 e. The van der Waals surface area contributed by atoms with Crippen molar-refractivity contribution in [3.63, 3.8) is 0 Å². The first-order chi connectivity index (χ1) is 11.8. The number of carbonyl (C=O) groups excluding carboxylic acids is 3. The first-order valence-corrected chi connectivity index (χ1v) is 7.69. The van der Waals surface area contributed by atoms with Crippen LogP contribution in [-0.4, -0.2) is 35.3 Å². The average Bonchev–Trinajstić information content (AvgIpc) is 2.82. The molecule has 1 aromatic rings. The number of esters is 1. The molecule has 0 radical (unpaired) electrons. The minimum atomic E-state index is -0.699. The number of benzene rings is 1. The molecular formula is C16H17N3O6. The van der Waals surface area contributed by atoms with Crippen molar-refractivity contribution in [1.82, 2.24) is 4.90 Å². The molecule has 0 spiro atoms. The van der Waals surface area contributed by atoms with E-state index in [2.05, 4.69) is 10.4 Å². The lowest BCUT2D eigenvalue weighted by Crippen LogP contribution is -2.37. The molecular weight excluding hydrogens is 330 g/mol. The molecule has 1 aromatic carbocycles. The van der Waals surface area contributed by atoms with Crippen molar-refractivity contribution >= 4 is 29.2 Å². The second-order valence-electron chi connectivity index (χ2n) is 5.96. The number of hydrogen-bond donors (Lipinski definition) is 0. The van der Waals surface area contributed by atoms with Crippen LogP contribution in [0.4, 0.5) is 11.4 Å². The molecule has 1 aliphatic heterocycles. The molecule has 2 amide bonds. The summed E-state index contributed by atoms with van der Waals surface area (Å²) in [5.74, 6) is -2.33. The van der Waals surface area contributed by atoms with E-state index in [-0.39, 0.29) is 30.3 Å². The Bertz CT molecular complexity index is 731. The number of hydrogen-bond acceptors (Lipinski definition) is 8. The summed E-state index contributed by atoms with van der Waals surface area (Å²) in [6, 6.07) is 4.09. The molecule has 0 aromatic heterocycles. The molecule has 0 N–H and O–H groups in total. The summed E-state index contributed by atoms with van der Waals surface area (Å²) < 4.78 is 4.94. The van der Waals surface area contributed by atoms with Crippen LogP contribution in [0.5, 0.6) is 0 Å². The van der Waals surface area contributed by atoms with Gasteiger partial charge >= 0.3 is 5.97 Å². The molecule has 132 valence electrons. The minimum Gasteiger partial charge on any atom is -0.462 e. The number of amides is 2. The van der Waals surface area contributed by atoms with Gasteiger partial charge in [-0.3, -0.25) is 19.3 Å². The Balaban J connectivity index is 2.11. The molecule has 9 heteroatoms. The van der Waals surface area contributed by atoms with Crippen molar-refractivity contribution in [2.24, 2.45) is 16.3 Å². The number of carbonyl (C=O) groups is 3. The molecule has 1 unspecified atom stereocenters. The zero-order chi connectivity index (χ0) is 18.6. The predicted octanol–water partition coefficient (Wildman–Crippen LogP) is 2.35. The number of rotatable bonds is 7. The van der Waals surface area contributed by atoms with Crippen molar-refractivity contribution in [2.75, 3.05) is 6.54 Å². The van der Waals surface area contributed by atoms with Gasteiger partial charge < -0.3 is 4.74 Å². The Morgan fingerprint density at radius 1 is 1.28 bits per heavy atom. The van der Waals surface area contributed by atoms with E-state index >= 15 is 0 Å². The van der Waals surface area contributed by atoms with Crippen LogP contribution in [0, 0.1) is 15.7 Å². The van der Waals surface area contributed by atoms with Crippen LogP contribution in [-0.2, 0) is 25.5 Å². The normalized spacial score (nSPS) is 17.1. The van der Waals surface area contributed by atoms with Gasteiger partial charge in [-0.1, -0.05) is 6.07 Å². The summed E-state index contributed by atoms with van der Waals surface area (Å²) in [7, 11) is 0. The van der Waals surface area contributed by atoms with Gasteiger partial charge in [-0.25, -0.2) is 0 Å². The molecule has 0 saturated carbocycles. The third kappa shape index (κ3) is 4.31. The second kappa shape index (κ2) is 7.73. The first kappa shape index (κ1) is 18.4. The standard InChI is InChI=1S/C16H17N3O6/c1-9(2)25-15(21)8-19-14(20)6-11(16(19)22)5-10-3-4-12(17-23)7-13(10)18-24/h3-4,7,9,11H,5-6,8H2,1-2H3. The molecule has 2 rings (SSSR count). The van der Waals surface area contributed by atoms with Crippen LogP contribution in [0.3, 0.4) is 0 Å². The van der Waals surface area contributed by atoms with Gasteiger partial charge in [0.25, 0.3) is 0 Å². The van der Waals surface area contributed by atoms with Crippen molar-refractivity contribution in [1.29, 1.82) is 0 Å². The molecule has 1 heterocycles. The van der Waals surface area contributed by atoms with Gasteiger partial charge in [0.1, 0.15) is 17.9 Å². The zero-order valence-electron chi connectivity index (χ0n) is 13.8. The fourth-order valence-electron chi connectivity index (χ4n) is 2.64. The molecule has 9 nitrogen and oxygen atoms in total. The molecule has 1 aliphatic rings. The van der Waals surface area contributed by atoms with E-state index in [9.17, 15) is 24.2 Å². The lowest BCUT2D eigenvalue weighted by Gasteiger charge is -2.15. The highest BCUT2D eigenvalue weighted by Gasteiger charge is 2.40. The molecule has 0 bridgehead atoms. The third-order valence-electron chi connectivity index (χ3n) is 3.73. The fourth-order valence-corrected chi connectivity index (χ4v) is 2.64. The van der Waals surface area contributed by atoms with Gasteiger partial charge in [0, 0.05) is 6.42 Å². The van der Waals surface area contributed by atoms with Gasteiger partial charge in [0.05, 0.1) is 12.0 Å². The van der Waals surface area contributed by atoms with Gasteiger partial charge in [-0.2, -0.15) is 0 Å². The highest BCUT2D eigenvalue weighted by molar-refractivity contribution is 6.05. The summed E-state index contributed by atoms with van der Waals surface area (Å²) in [4.78, 5) is 58.4. The number of nitrogens with zero attached hydrogens (tertiary/aromatic N) is 3.